The second-order valence-electron chi connectivity index (χ2n) is 6.18. The maximum atomic E-state index is 12.4. The number of hydrogen-bond donors (Lipinski definition) is 1. The summed E-state index contributed by atoms with van der Waals surface area (Å²) in [7, 11) is 0. The van der Waals surface area contributed by atoms with Crippen LogP contribution in [-0.4, -0.2) is 38.9 Å². The maximum Gasteiger partial charge on any atom is 0.331 e. The molecule has 1 aromatic rings. The summed E-state index contributed by atoms with van der Waals surface area (Å²) < 4.78 is -0.0118. The van der Waals surface area contributed by atoms with E-state index in [1.54, 1.807) is 11.8 Å². The van der Waals surface area contributed by atoms with Gasteiger partial charge in [0.25, 0.3) is 0 Å². The lowest BCUT2D eigenvalue weighted by Crippen LogP contribution is -2.44. The van der Waals surface area contributed by atoms with E-state index in [2.05, 4.69) is 0 Å². The molecule has 1 amide bonds. The zero-order valence-electron chi connectivity index (χ0n) is 12.6. The highest BCUT2D eigenvalue weighted by atomic mass is 32.2. The molecule has 0 radical (unpaired) electrons. The van der Waals surface area contributed by atoms with Gasteiger partial charge in [-0.2, -0.15) is 0 Å². The van der Waals surface area contributed by atoms with Crippen LogP contribution in [0.5, 0.6) is 0 Å². The number of hydrogen-bond acceptors (Lipinski definition) is 3. The molecule has 114 valence electrons. The third-order valence-electron chi connectivity index (χ3n) is 3.47. The fourth-order valence-corrected chi connectivity index (χ4v) is 3.19. The van der Waals surface area contributed by atoms with Crippen LogP contribution in [0.2, 0.25) is 0 Å². The van der Waals surface area contributed by atoms with Gasteiger partial charge in [0.15, 0.2) is 6.04 Å². The molecule has 21 heavy (non-hydrogen) atoms. The number of aliphatic carboxylic acids is 1. The van der Waals surface area contributed by atoms with Crippen LogP contribution >= 0.6 is 11.8 Å². The van der Waals surface area contributed by atoms with Crippen molar-refractivity contribution in [1.29, 1.82) is 0 Å². The predicted octanol–water partition coefficient (Wildman–Crippen LogP) is 2.73. The summed E-state index contributed by atoms with van der Waals surface area (Å²) in [5.74, 6) is -0.747. The van der Waals surface area contributed by atoms with Gasteiger partial charge in [-0.1, -0.05) is 45.0 Å². The zero-order chi connectivity index (χ0) is 15.6. The van der Waals surface area contributed by atoms with Crippen molar-refractivity contribution in [2.75, 3.05) is 12.3 Å². The molecule has 1 aromatic carbocycles. The van der Waals surface area contributed by atoms with Crippen LogP contribution in [0.1, 0.15) is 37.9 Å². The Bertz CT molecular complexity index is 551. The van der Waals surface area contributed by atoms with Crippen LogP contribution in [0.25, 0.3) is 0 Å². The van der Waals surface area contributed by atoms with Crippen molar-refractivity contribution in [2.24, 2.45) is 0 Å². The third-order valence-corrected chi connectivity index (χ3v) is 4.72. The average molecular weight is 307 g/mol. The van der Waals surface area contributed by atoms with Crippen LogP contribution in [0.4, 0.5) is 0 Å². The minimum atomic E-state index is -0.962. The van der Waals surface area contributed by atoms with E-state index in [0.29, 0.717) is 18.7 Å². The third kappa shape index (κ3) is 3.79. The minimum Gasteiger partial charge on any atom is -0.479 e. The topological polar surface area (TPSA) is 57.6 Å². The first kappa shape index (κ1) is 15.9. The van der Waals surface area contributed by atoms with E-state index in [0.717, 1.165) is 11.1 Å². The normalized spacial score (nSPS) is 18.2. The molecule has 4 nitrogen and oxygen atoms in total. The summed E-state index contributed by atoms with van der Waals surface area (Å²) >= 11 is 1.55. The molecule has 0 saturated carbocycles. The molecular formula is C16H21NO3S. The molecule has 1 aliphatic heterocycles. The van der Waals surface area contributed by atoms with Crippen molar-refractivity contribution >= 4 is 23.6 Å². The lowest BCUT2D eigenvalue weighted by Gasteiger charge is -2.35. The molecule has 5 heteroatoms. The van der Waals surface area contributed by atoms with E-state index in [1.807, 2.05) is 45.0 Å². The number of benzene rings is 1. The van der Waals surface area contributed by atoms with Crippen molar-refractivity contribution in [3.63, 3.8) is 0 Å². The van der Waals surface area contributed by atoms with Crippen molar-refractivity contribution < 1.29 is 14.7 Å². The van der Waals surface area contributed by atoms with Gasteiger partial charge in [-0.25, -0.2) is 4.79 Å². The molecule has 0 aromatic heterocycles. The fraction of sp³-hybridized carbons (Fsp3) is 0.500. The van der Waals surface area contributed by atoms with E-state index < -0.39 is 12.0 Å². The quantitative estimate of drug-likeness (QED) is 0.933. The van der Waals surface area contributed by atoms with E-state index in [4.69, 9.17) is 0 Å². The lowest BCUT2D eigenvalue weighted by molar-refractivity contribution is -0.150. The number of rotatable bonds is 3. The largest absolute Gasteiger partial charge is 0.479 e. The number of nitrogens with zero attached hydrogens (tertiary/aromatic N) is 1. The zero-order valence-corrected chi connectivity index (χ0v) is 13.4. The van der Waals surface area contributed by atoms with Gasteiger partial charge in [0.1, 0.15) is 0 Å². The molecule has 1 heterocycles. The molecule has 0 saturated heterocycles. The molecule has 0 bridgehead atoms. The number of thioether (sulfide) groups is 1. The summed E-state index contributed by atoms with van der Waals surface area (Å²) in [6.07, 6.45) is 0.714. The average Bonchev–Trinajstić information content (AvgIpc) is 2.42. The number of carbonyl (C=O) groups is 2. The van der Waals surface area contributed by atoms with Crippen LogP contribution in [-0.2, 0) is 16.0 Å². The van der Waals surface area contributed by atoms with Crippen molar-refractivity contribution in [2.45, 2.75) is 38.0 Å². The number of carbonyl (C=O) groups excluding carboxylic acids is 1. The van der Waals surface area contributed by atoms with Gasteiger partial charge in [-0.05, 0) is 17.5 Å². The van der Waals surface area contributed by atoms with Crippen LogP contribution in [0.3, 0.4) is 0 Å². The fourth-order valence-electron chi connectivity index (χ4n) is 2.46. The number of carboxylic acid groups (broad SMARTS) is 1. The molecule has 1 aliphatic rings. The summed E-state index contributed by atoms with van der Waals surface area (Å²) in [5, 5.41) is 9.53. The number of fused-ring (bicyclic) bond motifs is 1. The van der Waals surface area contributed by atoms with E-state index in [-0.39, 0.29) is 10.7 Å². The Morgan fingerprint density at radius 1 is 1.33 bits per heavy atom. The Morgan fingerprint density at radius 3 is 2.62 bits per heavy atom. The van der Waals surface area contributed by atoms with Gasteiger partial charge in [0, 0.05) is 11.3 Å². The van der Waals surface area contributed by atoms with Gasteiger partial charge < -0.3 is 10.0 Å². The molecule has 1 atom stereocenters. The Balaban J connectivity index is 2.20. The van der Waals surface area contributed by atoms with Gasteiger partial charge in [0.05, 0.1) is 5.75 Å². The van der Waals surface area contributed by atoms with Crippen LogP contribution < -0.4 is 0 Å². The second kappa shape index (κ2) is 6.10. The highest BCUT2D eigenvalue weighted by Gasteiger charge is 2.35. The standard InChI is InChI=1S/C16H21NO3S/c1-16(2,3)21-10-13(18)17-9-8-11-6-4-5-7-12(11)14(17)15(19)20/h4-7,14H,8-10H2,1-3H3,(H,19,20). The second-order valence-corrected chi connectivity index (χ2v) is 7.98. The Hall–Kier alpha value is -1.49. The van der Waals surface area contributed by atoms with Gasteiger partial charge in [-0.15, -0.1) is 11.8 Å². The molecule has 0 fully saturated rings. The first-order chi connectivity index (χ1) is 9.79. The lowest BCUT2D eigenvalue weighted by atomic mass is 9.92. The molecule has 2 rings (SSSR count). The smallest absolute Gasteiger partial charge is 0.331 e. The van der Waals surface area contributed by atoms with E-state index in [9.17, 15) is 14.7 Å². The SMILES string of the molecule is CC(C)(C)SCC(=O)N1CCc2ccccc2C1C(=O)O. The van der Waals surface area contributed by atoms with Crippen LogP contribution in [0.15, 0.2) is 24.3 Å². The van der Waals surface area contributed by atoms with E-state index >= 15 is 0 Å². The Labute approximate surface area is 129 Å². The van der Waals surface area contributed by atoms with Crippen LogP contribution in [0, 0.1) is 0 Å². The molecule has 1 unspecified atom stereocenters. The monoisotopic (exact) mass is 307 g/mol. The molecule has 0 aliphatic carbocycles. The Kier molecular flexibility index (Phi) is 4.61. The van der Waals surface area contributed by atoms with Crippen molar-refractivity contribution in [3.05, 3.63) is 35.4 Å². The molecule has 1 N–H and O–H groups in total. The van der Waals surface area contributed by atoms with Gasteiger partial charge in [-0.3, -0.25) is 4.79 Å². The predicted molar refractivity (Wildman–Crippen MR) is 84.4 cm³/mol. The summed E-state index contributed by atoms with van der Waals surface area (Å²) in [5.41, 5.74) is 1.77. The Morgan fingerprint density at radius 2 is 2.00 bits per heavy atom. The van der Waals surface area contributed by atoms with Crippen molar-refractivity contribution in [3.8, 4) is 0 Å². The summed E-state index contributed by atoms with van der Waals surface area (Å²) in [6.45, 7) is 6.61. The molecular weight excluding hydrogens is 286 g/mol. The van der Waals surface area contributed by atoms with Crippen molar-refractivity contribution in [1.82, 2.24) is 4.90 Å². The maximum absolute atomic E-state index is 12.4. The summed E-state index contributed by atoms with van der Waals surface area (Å²) in [6, 6.07) is 6.63. The molecule has 0 spiro atoms. The van der Waals surface area contributed by atoms with Gasteiger partial charge >= 0.3 is 5.97 Å². The first-order valence-corrected chi connectivity index (χ1v) is 8.02. The van der Waals surface area contributed by atoms with Gasteiger partial charge in [0.2, 0.25) is 5.91 Å². The number of amides is 1. The minimum absolute atomic E-state index is 0.0118. The number of carboxylic acids is 1. The summed E-state index contributed by atoms with van der Waals surface area (Å²) in [4.78, 5) is 25.5. The first-order valence-electron chi connectivity index (χ1n) is 7.03. The highest BCUT2D eigenvalue weighted by molar-refractivity contribution is 8.01. The highest BCUT2D eigenvalue weighted by Crippen LogP contribution is 2.31. The van der Waals surface area contributed by atoms with E-state index in [1.165, 1.54) is 4.90 Å².